The Morgan fingerprint density at radius 1 is 1.22 bits per heavy atom. The Labute approximate surface area is 226 Å². The zero-order valence-electron chi connectivity index (χ0n) is 20.2. The number of halogens is 2. The van der Waals surface area contributed by atoms with Crippen molar-refractivity contribution in [3.8, 4) is 0 Å². The number of aryl methyl sites for hydroxylation is 1. The molecule has 6 nitrogen and oxygen atoms in total. The molecule has 0 aromatic heterocycles. The largest absolute Gasteiger partial charge is 0.342 e. The Hall–Kier alpha value is -2.58. The molecule has 4 N–H and O–H groups in total. The number of carbonyl (C=O) groups excluding carboxylic acids is 1. The minimum absolute atomic E-state index is 0.0576. The maximum absolute atomic E-state index is 13.0. The van der Waals surface area contributed by atoms with E-state index in [1.54, 1.807) is 18.2 Å². The fourth-order valence-electron chi connectivity index (χ4n) is 5.12. The second-order valence-electron chi connectivity index (χ2n) is 9.01. The van der Waals surface area contributed by atoms with Gasteiger partial charge in [0.15, 0.2) is 0 Å². The van der Waals surface area contributed by atoms with E-state index in [0.717, 1.165) is 51.9 Å². The van der Waals surface area contributed by atoms with Crippen molar-refractivity contribution in [3.63, 3.8) is 0 Å². The maximum atomic E-state index is 13.0. The van der Waals surface area contributed by atoms with Gasteiger partial charge in [-0.25, -0.2) is 0 Å². The standard InChI is InChI=1S/C28H33BrClN3O3/c1-3-4-20(9-12-31-35)15-27(34)33-13-10-21(11-14-33)28-19(2)22(16-24(29)18-32-36)5-6-23-17-25(30)7-8-26(23)28/h3-4,7-9,12,16-18,21,28,31-32,35-36H,1-2,5-6,10-11,13-15H2/b12-9-,20-4+,22-16-,24-18+. The third kappa shape index (κ3) is 7.23. The predicted octanol–water partition coefficient (Wildman–Crippen LogP) is 6.30. The smallest absolute Gasteiger partial charge is 0.226 e. The van der Waals surface area contributed by atoms with Crippen molar-refractivity contribution in [3.05, 3.63) is 105 Å². The molecule has 3 rings (SSSR count). The third-order valence-electron chi connectivity index (χ3n) is 6.83. The van der Waals surface area contributed by atoms with Gasteiger partial charge in [0.25, 0.3) is 0 Å². The lowest BCUT2D eigenvalue weighted by molar-refractivity contribution is -0.131. The molecule has 1 aliphatic heterocycles. The van der Waals surface area contributed by atoms with E-state index >= 15 is 0 Å². The third-order valence-corrected chi connectivity index (χ3v) is 7.52. The van der Waals surface area contributed by atoms with Crippen LogP contribution in [0, 0.1) is 5.92 Å². The Kier molecular flexibility index (Phi) is 10.6. The molecule has 1 aromatic carbocycles. The van der Waals surface area contributed by atoms with Gasteiger partial charge in [-0.3, -0.25) is 26.2 Å². The van der Waals surface area contributed by atoms with Crippen molar-refractivity contribution >= 4 is 33.4 Å². The first-order valence-electron chi connectivity index (χ1n) is 12.0. The number of piperidine rings is 1. The molecule has 0 saturated carbocycles. The van der Waals surface area contributed by atoms with Crippen molar-refractivity contribution in [1.29, 1.82) is 0 Å². The number of likely N-dealkylation sites (tertiary alicyclic amines) is 1. The number of hydrogen-bond acceptors (Lipinski definition) is 5. The molecule has 1 heterocycles. The Morgan fingerprint density at radius 3 is 2.64 bits per heavy atom. The lowest BCUT2D eigenvalue weighted by atomic mass is 9.74. The zero-order chi connectivity index (χ0) is 26.1. The first kappa shape index (κ1) is 28.0. The van der Waals surface area contributed by atoms with Crippen LogP contribution in [0.25, 0.3) is 0 Å². The molecule has 0 radical (unpaired) electrons. The van der Waals surface area contributed by atoms with E-state index in [1.807, 2.05) is 22.5 Å². The van der Waals surface area contributed by atoms with Crippen molar-refractivity contribution in [2.45, 2.75) is 38.0 Å². The van der Waals surface area contributed by atoms with Gasteiger partial charge in [-0.2, -0.15) is 0 Å². The summed E-state index contributed by atoms with van der Waals surface area (Å²) in [6.45, 7) is 9.58. The molecule has 1 atom stereocenters. The number of benzene rings is 1. The average molecular weight is 575 g/mol. The fourth-order valence-corrected chi connectivity index (χ4v) is 5.70. The summed E-state index contributed by atoms with van der Waals surface area (Å²) in [7, 11) is 0. The predicted molar refractivity (Wildman–Crippen MR) is 148 cm³/mol. The van der Waals surface area contributed by atoms with E-state index in [-0.39, 0.29) is 18.2 Å². The number of amides is 1. The van der Waals surface area contributed by atoms with Crippen LogP contribution in [0.1, 0.15) is 42.7 Å². The van der Waals surface area contributed by atoms with Gasteiger partial charge in [-0.05, 0) is 99.7 Å². The number of allylic oxidation sites excluding steroid dienone is 7. The molecule has 0 spiro atoms. The second kappa shape index (κ2) is 13.7. The molecule has 1 saturated heterocycles. The van der Waals surface area contributed by atoms with E-state index < -0.39 is 0 Å². The van der Waals surface area contributed by atoms with Crippen LogP contribution < -0.4 is 11.0 Å². The van der Waals surface area contributed by atoms with E-state index in [0.29, 0.717) is 19.0 Å². The highest BCUT2D eigenvalue weighted by Crippen LogP contribution is 2.45. The Balaban J connectivity index is 1.80. The second-order valence-corrected chi connectivity index (χ2v) is 10.4. The molecule has 2 aliphatic rings. The molecular formula is C28H33BrClN3O3. The van der Waals surface area contributed by atoms with E-state index in [9.17, 15) is 4.79 Å². The van der Waals surface area contributed by atoms with Crippen LogP contribution in [0.5, 0.6) is 0 Å². The van der Waals surface area contributed by atoms with Crippen LogP contribution in [0.4, 0.5) is 0 Å². The molecule has 1 amide bonds. The first-order chi connectivity index (χ1) is 17.4. The summed E-state index contributed by atoms with van der Waals surface area (Å²) in [6, 6.07) is 6.13. The SMILES string of the molecule is C=C/C=C(\C=C/NO)CC(=O)N1CCC(C2C(=C)/C(=C\C(Br)=C/NO)CCc3cc(Cl)ccc32)CC1. The number of hydroxylamine groups is 2. The van der Waals surface area contributed by atoms with E-state index in [2.05, 4.69) is 46.7 Å². The van der Waals surface area contributed by atoms with Gasteiger partial charge in [0, 0.05) is 40.9 Å². The highest BCUT2D eigenvalue weighted by atomic mass is 79.9. The summed E-state index contributed by atoms with van der Waals surface area (Å²) in [4.78, 5) is 14.9. The van der Waals surface area contributed by atoms with Crippen LogP contribution in [0.15, 0.2) is 89.3 Å². The minimum atomic E-state index is 0.0576. The zero-order valence-corrected chi connectivity index (χ0v) is 22.6. The Bertz CT molecular complexity index is 1100. The quantitative estimate of drug-likeness (QED) is 0.166. The van der Waals surface area contributed by atoms with Gasteiger partial charge in [-0.15, -0.1) is 0 Å². The summed E-state index contributed by atoms with van der Waals surface area (Å²) in [5.41, 5.74) is 9.51. The number of nitrogens with zero attached hydrogens (tertiary/aromatic N) is 1. The first-order valence-corrected chi connectivity index (χ1v) is 13.1. The topological polar surface area (TPSA) is 84.8 Å². The van der Waals surface area contributed by atoms with Crippen molar-refractivity contribution in [2.24, 2.45) is 5.92 Å². The molecule has 8 heteroatoms. The lowest BCUT2D eigenvalue weighted by Crippen LogP contribution is -2.40. The number of hydrogen-bond donors (Lipinski definition) is 4. The van der Waals surface area contributed by atoms with Gasteiger partial charge in [-0.1, -0.05) is 43.0 Å². The summed E-state index contributed by atoms with van der Waals surface area (Å²) < 4.78 is 0.734. The van der Waals surface area contributed by atoms with E-state index in [4.69, 9.17) is 22.0 Å². The van der Waals surface area contributed by atoms with E-state index in [1.165, 1.54) is 23.5 Å². The number of carbonyl (C=O) groups is 1. The van der Waals surface area contributed by atoms with Gasteiger partial charge in [0.2, 0.25) is 5.91 Å². The monoisotopic (exact) mass is 573 g/mol. The van der Waals surface area contributed by atoms with Crippen molar-refractivity contribution < 1.29 is 15.2 Å². The summed E-state index contributed by atoms with van der Waals surface area (Å²) >= 11 is 9.83. The molecule has 0 bridgehead atoms. The van der Waals surface area contributed by atoms with Gasteiger partial charge >= 0.3 is 0 Å². The maximum Gasteiger partial charge on any atom is 0.226 e. The minimum Gasteiger partial charge on any atom is -0.342 e. The highest BCUT2D eigenvalue weighted by molar-refractivity contribution is 9.11. The average Bonchev–Trinajstić information content (AvgIpc) is 2.99. The summed E-state index contributed by atoms with van der Waals surface area (Å²) in [5, 5.41) is 18.6. The van der Waals surface area contributed by atoms with Crippen molar-refractivity contribution in [1.82, 2.24) is 15.9 Å². The molecule has 1 aromatic rings. The lowest BCUT2D eigenvalue weighted by Gasteiger charge is -2.37. The fraction of sp³-hybridized carbons (Fsp3) is 0.321. The Morgan fingerprint density at radius 2 is 1.97 bits per heavy atom. The van der Waals surface area contributed by atoms with Gasteiger partial charge in [0.1, 0.15) is 0 Å². The summed E-state index contributed by atoms with van der Waals surface area (Å²) in [6.07, 6.45) is 13.6. The highest BCUT2D eigenvalue weighted by Gasteiger charge is 2.34. The molecule has 1 aliphatic carbocycles. The number of rotatable bonds is 8. The molecule has 36 heavy (non-hydrogen) atoms. The normalized spacial score (nSPS) is 20.9. The molecule has 1 fully saturated rings. The van der Waals surface area contributed by atoms with Gasteiger partial charge < -0.3 is 4.90 Å². The molecular weight excluding hydrogens is 542 g/mol. The van der Waals surface area contributed by atoms with Crippen LogP contribution in [0.2, 0.25) is 5.02 Å². The van der Waals surface area contributed by atoms with Crippen LogP contribution >= 0.6 is 27.5 Å². The van der Waals surface area contributed by atoms with Crippen LogP contribution in [-0.2, 0) is 11.2 Å². The summed E-state index contributed by atoms with van der Waals surface area (Å²) in [5.74, 6) is 0.519. The van der Waals surface area contributed by atoms with Crippen LogP contribution in [0.3, 0.4) is 0 Å². The van der Waals surface area contributed by atoms with Gasteiger partial charge in [0.05, 0.1) is 6.42 Å². The number of nitrogens with one attached hydrogen (secondary N) is 2. The molecule has 192 valence electrons. The number of fused-ring (bicyclic) bond motifs is 1. The van der Waals surface area contributed by atoms with Crippen LogP contribution in [-0.4, -0.2) is 34.3 Å². The van der Waals surface area contributed by atoms with Crippen molar-refractivity contribution in [2.75, 3.05) is 13.1 Å². The molecule has 1 unspecified atom stereocenters.